The summed E-state index contributed by atoms with van der Waals surface area (Å²) in [4.78, 5) is 11.1. The zero-order chi connectivity index (χ0) is 22.9. The summed E-state index contributed by atoms with van der Waals surface area (Å²) < 4.78 is 39.2. The molecule has 6 heteroatoms. The summed E-state index contributed by atoms with van der Waals surface area (Å²) >= 11 is 0. The monoisotopic (exact) mass is 444 g/mol. The summed E-state index contributed by atoms with van der Waals surface area (Å²) in [5, 5.41) is 9.12. The van der Waals surface area contributed by atoms with E-state index in [9.17, 15) is 13.6 Å². The molecule has 32 heavy (non-hydrogen) atoms. The summed E-state index contributed by atoms with van der Waals surface area (Å²) in [6.45, 7) is 4.94. The topological polar surface area (TPSA) is 55.8 Å². The third-order valence-corrected chi connectivity index (χ3v) is 7.19. The third kappa shape index (κ3) is 4.96. The lowest BCUT2D eigenvalue weighted by Crippen LogP contribution is -2.41. The summed E-state index contributed by atoms with van der Waals surface area (Å²) in [5.74, 6) is -1.27. The van der Waals surface area contributed by atoms with Crippen LogP contribution < -0.4 is 4.74 Å². The first-order valence-corrected chi connectivity index (χ1v) is 11.3. The van der Waals surface area contributed by atoms with Crippen LogP contribution in [0.3, 0.4) is 0 Å². The molecule has 2 aliphatic rings. The number of rotatable bonds is 8. The predicted octanol–water partition coefficient (Wildman–Crippen LogP) is 6.68. The second-order valence-corrected chi connectivity index (χ2v) is 9.66. The quantitative estimate of drug-likeness (QED) is 0.493. The van der Waals surface area contributed by atoms with E-state index in [0.29, 0.717) is 18.3 Å². The number of carboxylic acids is 1. The van der Waals surface area contributed by atoms with Crippen LogP contribution in [0.25, 0.3) is 0 Å². The number of hydrogen-bond acceptors (Lipinski definition) is 3. The lowest BCUT2D eigenvalue weighted by Gasteiger charge is -2.45. The first-order valence-electron chi connectivity index (χ1n) is 11.3. The molecule has 0 spiro atoms. The molecule has 1 aliphatic heterocycles. The standard InChI is InChI=1S/C26H30F2O4/c1-3-26(10-9-25(2,16-31-26)8-7-17-11-23(17)24(29)30)18-5-4-6-21(12-18)32-22-14-19(27)13-20(28)15-22/h4-6,12-15,17,23H,3,7-11,16H2,1-2H3,(H,29,30)/t17-,23?,25?,26?/m1/s1. The maximum absolute atomic E-state index is 13.5. The number of carbonyl (C=O) groups is 1. The Kier molecular flexibility index (Phi) is 6.26. The van der Waals surface area contributed by atoms with Crippen molar-refractivity contribution in [2.45, 2.75) is 58.0 Å². The zero-order valence-electron chi connectivity index (χ0n) is 18.6. The number of hydrogen-bond donors (Lipinski definition) is 1. The van der Waals surface area contributed by atoms with Crippen molar-refractivity contribution in [1.82, 2.24) is 0 Å². The smallest absolute Gasteiger partial charge is 0.306 e. The molecule has 0 aromatic heterocycles. The Morgan fingerprint density at radius 3 is 2.50 bits per heavy atom. The van der Waals surface area contributed by atoms with Crippen molar-refractivity contribution in [3.8, 4) is 11.5 Å². The van der Waals surface area contributed by atoms with Crippen LogP contribution in [0.1, 0.15) is 57.9 Å². The number of benzene rings is 2. The van der Waals surface area contributed by atoms with Gasteiger partial charge >= 0.3 is 5.97 Å². The van der Waals surface area contributed by atoms with Gasteiger partial charge in [0.2, 0.25) is 0 Å². The minimum absolute atomic E-state index is 0.0392. The van der Waals surface area contributed by atoms with Gasteiger partial charge in [-0.1, -0.05) is 26.0 Å². The number of carboxylic acid groups (broad SMARTS) is 1. The van der Waals surface area contributed by atoms with Gasteiger partial charge in [0, 0.05) is 18.2 Å². The van der Waals surface area contributed by atoms with Gasteiger partial charge in [-0.25, -0.2) is 8.78 Å². The van der Waals surface area contributed by atoms with E-state index in [1.165, 1.54) is 0 Å². The van der Waals surface area contributed by atoms with Crippen LogP contribution >= 0.6 is 0 Å². The molecule has 1 heterocycles. The molecule has 0 amide bonds. The molecule has 1 N–H and O–H groups in total. The van der Waals surface area contributed by atoms with E-state index >= 15 is 0 Å². The molecule has 2 aromatic rings. The van der Waals surface area contributed by atoms with Crippen LogP contribution in [-0.4, -0.2) is 17.7 Å². The van der Waals surface area contributed by atoms with E-state index in [1.807, 2.05) is 18.2 Å². The summed E-state index contributed by atoms with van der Waals surface area (Å²) in [5.41, 5.74) is 0.594. The highest BCUT2D eigenvalue weighted by Gasteiger charge is 2.46. The maximum atomic E-state index is 13.5. The van der Waals surface area contributed by atoms with Crippen molar-refractivity contribution >= 4 is 5.97 Å². The summed E-state index contributed by atoms with van der Waals surface area (Å²) in [7, 11) is 0. The lowest BCUT2D eigenvalue weighted by molar-refractivity contribution is -0.140. The number of aliphatic carboxylic acids is 1. The van der Waals surface area contributed by atoms with Crippen LogP contribution in [-0.2, 0) is 15.1 Å². The van der Waals surface area contributed by atoms with E-state index in [2.05, 4.69) is 13.8 Å². The SMILES string of the molecule is CCC1(c2cccc(Oc3cc(F)cc(F)c3)c2)CCC(C)(CC[C@@H]2CC2C(=O)O)CO1. The first-order chi connectivity index (χ1) is 15.2. The Labute approximate surface area is 187 Å². The fourth-order valence-electron chi connectivity index (χ4n) is 4.84. The minimum Gasteiger partial charge on any atom is -0.481 e. The predicted molar refractivity (Wildman–Crippen MR) is 117 cm³/mol. The van der Waals surface area contributed by atoms with Gasteiger partial charge in [0.1, 0.15) is 23.1 Å². The van der Waals surface area contributed by atoms with Gasteiger partial charge in [-0.2, -0.15) is 0 Å². The van der Waals surface area contributed by atoms with E-state index in [0.717, 1.165) is 62.3 Å². The van der Waals surface area contributed by atoms with Crippen molar-refractivity contribution in [3.63, 3.8) is 0 Å². The molecule has 1 saturated heterocycles. The fourth-order valence-corrected chi connectivity index (χ4v) is 4.84. The maximum Gasteiger partial charge on any atom is 0.306 e. The van der Waals surface area contributed by atoms with E-state index < -0.39 is 23.2 Å². The third-order valence-electron chi connectivity index (χ3n) is 7.19. The molecular weight excluding hydrogens is 414 g/mol. The Morgan fingerprint density at radius 1 is 1.16 bits per heavy atom. The second-order valence-electron chi connectivity index (χ2n) is 9.66. The molecule has 3 unspecified atom stereocenters. The van der Waals surface area contributed by atoms with Gasteiger partial charge < -0.3 is 14.6 Å². The Bertz CT molecular complexity index is 961. The molecule has 0 radical (unpaired) electrons. The van der Waals surface area contributed by atoms with Crippen LogP contribution in [0.2, 0.25) is 0 Å². The average molecular weight is 445 g/mol. The largest absolute Gasteiger partial charge is 0.481 e. The van der Waals surface area contributed by atoms with Gasteiger partial charge in [0.15, 0.2) is 0 Å². The normalized spacial score (nSPS) is 29.5. The lowest BCUT2D eigenvalue weighted by atomic mass is 9.73. The number of ether oxygens (including phenoxy) is 2. The Balaban J connectivity index is 1.42. The van der Waals surface area contributed by atoms with Crippen LogP contribution in [0.5, 0.6) is 11.5 Å². The van der Waals surface area contributed by atoms with Crippen molar-refractivity contribution in [2.75, 3.05) is 6.61 Å². The van der Waals surface area contributed by atoms with Gasteiger partial charge in [-0.05, 0) is 67.6 Å². The van der Waals surface area contributed by atoms with Crippen molar-refractivity contribution in [1.29, 1.82) is 0 Å². The first kappa shape index (κ1) is 22.7. The van der Waals surface area contributed by atoms with Crippen molar-refractivity contribution < 1.29 is 28.2 Å². The molecule has 0 bridgehead atoms. The molecule has 1 aliphatic carbocycles. The molecular formula is C26H30F2O4. The minimum atomic E-state index is -0.683. The van der Waals surface area contributed by atoms with Gasteiger partial charge in [-0.3, -0.25) is 4.79 Å². The van der Waals surface area contributed by atoms with E-state index in [-0.39, 0.29) is 17.1 Å². The summed E-state index contributed by atoms with van der Waals surface area (Å²) in [6.07, 6.45) is 5.34. The van der Waals surface area contributed by atoms with Crippen LogP contribution in [0.4, 0.5) is 8.78 Å². The molecule has 4 atom stereocenters. The molecule has 4 nitrogen and oxygen atoms in total. The van der Waals surface area contributed by atoms with Crippen molar-refractivity contribution in [2.24, 2.45) is 17.3 Å². The van der Waals surface area contributed by atoms with Gasteiger partial charge in [0.25, 0.3) is 0 Å². The Morgan fingerprint density at radius 2 is 1.91 bits per heavy atom. The highest BCUT2D eigenvalue weighted by Crippen LogP contribution is 2.49. The zero-order valence-corrected chi connectivity index (χ0v) is 18.6. The highest BCUT2D eigenvalue weighted by atomic mass is 19.1. The summed E-state index contributed by atoms with van der Waals surface area (Å²) in [6, 6.07) is 10.6. The average Bonchev–Trinajstić information content (AvgIpc) is 3.53. The highest BCUT2D eigenvalue weighted by molar-refractivity contribution is 5.73. The second kappa shape index (κ2) is 8.81. The Hall–Kier alpha value is -2.47. The van der Waals surface area contributed by atoms with Gasteiger partial charge in [0.05, 0.1) is 18.1 Å². The van der Waals surface area contributed by atoms with Crippen LogP contribution in [0.15, 0.2) is 42.5 Å². The molecule has 2 aromatic carbocycles. The van der Waals surface area contributed by atoms with E-state index in [4.69, 9.17) is 14.6 Å². The fraction of sp³-hybridized carbons (Fsp3) is 0.500. The molecule has 2 fully saturated rings. The van der Waals surface area contributed by atoms with Crippen LogP contribution in [0, 0.1) is 28.9 Å². The molecule has 4 rings (SSSR count). The number of halogens is 2. The van der Waals surface area contributed by atoms with Crippen molar-refractivity contribution in [3.05, 3.63) is 59.7 Å². The van der Waals surface area contributed by atoms with E-state index in [1.54, 1.807) is 6.07 Å². The molecule has 172 valence electrons. The van der Waals surface area contributed by atoms with Gasteiger partial charge in [-0.15, -0.1) is 0 Å². The molecule has 1 saturated carbocycles.